The van der Waals surface area contributed by atoms with Crippen LogP contribution in [-0.2, 0) is 11.3 Å². The van der Waals surface area contributed by atoms with Gasteiger partial charge >= 0.3 is 5.97 Å². The molecule has 1 N–H and O–H groups in total. The number of carboxylic acid groups (broad SMARTS) is 1. The molecule has 2 rings (SSSR count). The van der Waals surface area contributed by atoms with Gasteiger partial charge in [-0.05, 0) is 47.7 Å². The second-order valence-electron chi connectivity index (χ2n) is 4.49. The highest BCUT2D eigenvalue weighted by Gasteiger charge is 2.07. The van der Waals surface area contributed by atoms with Gasteiger partial charge in [0.2, 0.25) is 0 Å². The fraction of sp³-hybridized carbons (Fsp3) is 0.467. The van der Waals surface area contributed by atoms with Crippen LogP contribution in [0.25, 0.3) is 11.0 Å². The number of halogens is 1. The van der Waals surface area contributed by atoms with Crippen LogP contribution in [0.15, 0.2) is 29.0 Å². The molecule has 0 spiro atoms. The maximum atomic E-state index is 10.6. The summed E-state index contributed by atoms with van der Waals surface area (Å²) in [5.74, 6) is -0.875. The first-order valence-corrected chi connectivity index (χ1v) is 7.86. The molecule has 0 unspecified atom stereocenters. The fourth-order valence-electron chi connectivity index (χ4n) is 2.02. The molecule has 0 fully saturated rings. The van der Waals surface area contributed by atoms with Gasteiger partial charge in [-0.1, -0.05) is 26.8 Å². The maximum absolute atomic E-state index is 10.6. The molecule has 0 bridgehead atoms. The number of aliphatic carboxylic acids is 1. The van der Waals surface area contributed by atoms with Gasteiger partial charge in [0.1, 0.15) is 6.54 Å². The van der Waals surface area contributed by atoms with Crippen LogP contribution in [0.4, 0.5) is 0 Å². The number of rotatable bonds is 5. The molecule has 0 aliphatic rings. The quantitative estimate of drug-likeness (QED) is 0.894. The van der Waals surface area contributed by atoms with E-state index in [1.54, 1.807) is 4.57 Å². The summed E-state index contributed by atoms with van der Waals surface area (Å²) in [5.41, 5.74) is 1.61. The summed E-state index contributed by atoms with van der Waals surface area (Å²) in [6, 6.07) is 5.57. The Hall–Kier alpha value is -1.40. The van der Waals surface area contributed by atoms with E-state index >= 15 is 0 Å². The van der Waals surface area contributed by atoms with Crippen LogP contribution in [0.2, 0.25) is 0 Å². The van der Waals surface area contributed by atoms with Crippen LogP contribution in [0.5, 0.6) is 0 Å². The van der Waals surface area contributed by atoms with Crippen LogP contribution in [0, 0.1) is 0 Å². The number of carbonyl (C=O) groups is 1. The average Bonchev–Trinajstić information content (AvgIpc) is 2.85. The van der Waals surface area contributed by atoms with Gasteiger partial charge in [0.15, 0.2) is 0 Å². The first-order valence-electron chi connectivity index (χ1n) is 7.06. The Balaban J connectivity index is 0.000000270. The van der Waals surface area contributed by atoms with E-state index in [4.69, 9.17) is 5.11 Å². The molecule has 1 aromatic heterocycles. The Labute approximate surface area is 133 Å². The minimum absolute atomic E-state index is 0.0703. The van der Waals surface area contributed by atoms with Crippen LogP contribution < -0.4 is 0 Å². The third-order valence-electron chi connectivity index (χ3n) is 3.24. The van der Waals surface area contributed by atoms with E-state index in [1.165, 1.54) is 26.0 Å². The standard InChI is InChI=1S/C9H7BrN2O2.C6H15N/c10-6-2-1-3-7-9(6)12(5-11-7)4-8(13)14;1-4-7(5-2)6-3/h1-3,5H,4H2,(H,13,14);4-6H2,1-3H3. The zero-order valence-electron chi connectivity index (χ0n) is 12.7. The highest BCUT2D eigenvalue weighted by atomic mass is 79.9. The Bertz CT molecular complexity index is 574. The van der Waals surface area contributed by atoms with Crippen molar-refractivity contribution in [2.24, 2.45) is 0 Å². The highest BCUT2D eigenvalue weighted by molar-refractivity contribution is 9.10. The lowest BCUT2D eigenvalue weighted by atomic mass is 10.3. The second-order valence-corrected chi connectivity index (χ2v) is 5.35. The molecule has 0 amide bonds. The molecule has 6 heteroatoms. The first kappa shape index (κ1) is 17.7. The van der Waals surface area contributed by atoms with Gasteiger partial charge in [0.25, 0.3) is 0 Å². The van der Waals surface area contributed by atoms with Crippen LogP contribution in [0.1, 0.15) is 20.8 Å². The number of imidazole rings is 1. The molecule has 1 aromatic carbocycles. The number of hydrogen-bond acceptors (Lipinski definition) is 3. The summed E-state index contributed by atoms with van der Waals surface area (Å²) in [4.78, 5) is 17.0. The minimum atomic E-state index is -0.875. The van der Waals surface area contributed by atoms with E-state index in [0.29, 0.717) is 0 Å². The number of para-hydroxylation sites is 1. The van der Waals surface area contributed by atoms with Crippen LogP contribution in [0.3, 0.4) is 0 Å². The lowest BCUT2D eigenvalue weighted by Gasteiger charge is -2.13. The number of hydrogen-bond donors (Lipinski definition) is 1. The summed E-state index contributed by atoms with van der Waals surface area (Å²) >= 11 is 3.36. The van der Waals surface area contributed by atoms with Gasteiger partial charge in [0, 0.05) is 4.47 Å². The molecule has 1 heterocycles. The summed E-state index contributed by atoms with van der Waals surface area (Å²) in [6.07, 6.45) is 1.53. The zero-order chi connectivity index (χ0) is 15.8. The van der Waals surface area contributed by atoms with E-state index < -0.39 is 5.97 Å². The number of carboxylic acids is 1. The summed E-state index contributed by atoms with van der Waals surface area (Å²) in [7, 11) is 0. The minimum Gasteiger partial charge on any atom is -0.480 e. The second kappa shape index (κ2) is 8.79. The Kier molecular flexibility index (Phi) is 7.39. The van der Waals surface area contributed by atoms with E-state index in [1.807, 2.05) is 18.2 Å². The molecule has 0 aliphatic heterocycles. The topological polar surface area (TPSA) is 58.4 Å². The van der Waals surface area contributed by atoms with Crippen molar-refractivity contribution in [2.75, 3.05) is 19.6 Å². The van der Waals surface area contributed by atoms with Crippen molar-refractivity contribution < 1.29 is 9.90 Å². The normalized spacial score (nSPS) is 10.5. The molecule has 21 heavy (non-hydrogen) atoms. The predicted octanol–water partition coefficient (Wildman–Crippen LogP) is 3.23. The third kappa shape index (κ3) is 5.13. The number of aromatic nitrogens is 2. The molecule has 0 saturated carbocycles. The van der Waals surface area contributed by atoms with E-state index in [0.717, 1.165) is 15.5 Å². The van der Waals surface area contributed by atoms with Crippen molar-refractivity contribution in [3.63, 3.8) is 0 Å². The van der Waals surface area contributed by atoms with Crippen molar-refractivity contribution in [3.8, 4) is 0 Å². The van der Waals surface area contributed by atoms with Crippen molar-refractivity contribution in [1.82, 2.24) is 14.5 Å². The zero-order valence-corrected chi connectivity index (χ0v) is 14.3. The Morgan fingerprint density at radius 1 is 1.29 bits per heavy atom. The number of fused-ring (bicyclic) bond motifs is 1. The predicted molar refractivity (Wildman–Crippen MR) is 88.5 cm³/mol. The maximum Gasteiger partial charge on any atom is 0.323 e. The van der Waals surface area contributed by atoms with E-state index in [-0.39, 0.29) is 6.54 Å². The molecule has 116 valence electrons. The summed E-state index contributed by atoms with van der Waals surface area (Å²) in [6.45, 7) is 10.1. The van der Waals surface area contributed by atoms with Gasteiger partial charge in [-0.25, -0.2) is 4.98 Å². The Morgan fingerprint density at radius 3 is 2.38 bits per heavy atom. The molecule has 0 atom stereocenters. The molecule has 2 aromatic rings. The molecule has 0 aliphatic carbocycles. The lowest BCUT2D eigenvalue weighted by molar-refractivity contribution is -0.137. The Morgan fingerprint density at radius 2 is 1.90 bits per heavy atom. The van der Waals surface area contributed by atoms with Gasteiger partial charge in [-0.15, -0.1) is 0 Å². The molecular formula is C15H22BrN3O2. The molecule has 0 radical (unpaired) electrons. The molecule has 0 saturated heterocycles. The first-order chi connectivity index (χ1) is 10.0. The van der Waals surface area contributed by atoms with Gasteiger partial charge in [-0.3, -0.25) is 4.79 Å². The van der Waals surface area contributed by atoms with Crippen molar-refractivity contribution in [2.45, 2.75) is 27.3 Å². The van der Waals surface area contributed by atoms with E-state index in [9.17, 15) is 4.79 Å². The average molecular weight is 356 g/mol. The van der Waals surface area contributed by atoms with Gasteiger partial charge in [-0.2, -0.15) is 0 Å². The van der Waals surface area contributed by atoms with Crippen molar-refractivity contribution >= 4 is 32.9 Å². The van der Waals surface area contributed by atoms with Gasteiger partial charge < -0.3 is 14.6 Å². The number of nitrogens with zero attached hydrogens (tertiary/aromatic N) is 3. The largest absolute Gasteiger partial charge is 0.480 e. The van der Waals surface area contributed by atoms with Crippen LogP contribution >= 0.6 is 15.9 Å². The summed E-state index contributed by atoms with van der Waals surface area (Å²) in [5, 5.41) is 8.67. The van der Waals surface area contributed by atoms with Crippen LogP contribution in [-0.4, -0.2) is 45.2 Å². The van der Waals surface area contributed by atoms with Crippen molar-refractivity contribution in [3.05, 3.63) is 29.0 Å². The highest BCUT2D eigenvalue weighted by Crippen LogP contribution is 2.22. The van der Waals surface area contributed by atoms with Crippen molar-refractivity contribution in [1.29, 1.82) is 0 Å². The monoisotopic (exact) mass is 355 g/mol. The van der Waals surface area contributed by atoms with Gasteiger partial charge in [0.05, 0.1) is 17.4 Å². The number of benzene rings is 1. The summed E-state index contributed by atoms with van der Waals surface area (Å²) < 4.78 is 2.45. The van der Waals surface area contributed by atoms with E-state index in [2.05, 4.69) is 46.6 Å². The SMILES string of the molecule is CCN(CC)CC.O=C(O)Cn1cnc2cccc(Br)c21. The third-order valence-corrected chi connectivity index (χ3v) is 3.88. The molecule has 5 nitrogen and oxygen atoms in total. The fourth-order valence-corrected chi connectivity index (χ4v) is 2.60. The smallest absolute Gasteiger partial charge is 0.323 e. The molecular weight excluding hydrogens is 334 g/mol. The lowest BCUT2D eigenvalue weighted by Crippen LogP contribution is -2.21.